The summed E-state index contributed by atoms with van der Waals surface area (Å²) in [4.78, 5) is 54.5. The molecule has 13 heterocycles. The van der Waals surface area contributed by atoms with E-state index in [1.807, 2.05) is 180 Å². The molecule has 0 unspecified atom stereocenters. The van der Waals surface area contributed by atoms with Crippen molar-refractivity contribution in [3.8, 4) is 113 Å². The smallest absolute Gasteiger partial charge is 0.142 e. The fourth-order valence-electron chi connectivity index (χ4n) is 18.6. The van der Waals surface area contributed by atoms with E-state index < -0.39 is 5.60 Å². The van der Waals surface area contributed by atoms with Gasteiger partial charge < -0.3 is 78.4 Å². The van der Waals surface area contributed by atoms with Crippen LogP contribution < -0.4 is 35.3 Å². The lowest BCUT2D eigenvalue weighted by Gasteiger charge is -2.18. The number of rotatable bonds is 14. The van der Waals surface area contributed by atoms with Gasteiger partial charge in [0.15, 0.2) is 0 Å². The molecule has 0 amide bonds. The Balaban J connectivity index is 0.000000113. The van der Waals surface area contributed by atoms with E-state index in [9.17, 15) is 5.11 Å². The van der Waals surface area contributed by atoms with Crippen LogP contribution in [0.2, 0.25) is 0 Å². The van der Waals surface area contributed by atoms with Crippen molar-refractivity contribution in [3.05, 3.63) is 232 Å². The Kier molecular flexibility index (Phi) is 21.6. The molecule has 22 rings (SSSR count). The summed E-state index contributed by atoms with van der Waals surface area (Å²) in [6.07, 6.45) is 2.49. The summed E-state index contributed by atoms with van der Waals surface area (Å²) in [5.74, 6) is 8.71. The van der Waals surface area contributed by atoms with Gasteiger partial charge in [0, 0.05) is 124 Å². The number of nitrogens with two attached hydrogens (primary N) is 2. The number of ether oxygens (including phenoxy) is 4. The molecular weight excluding hydrogens is 1650 g/mol. The largest absolute Gasteiger partial charge is 0.496 e. The third-order valence-electron chi connectivity index (χ3n) is 24.5. The molecule has 0 spiro atoms. The van der Waals surface area contributed by atoms with Gasteiger partial charge >= 0.3 is 0 Å². The quantitative estimate of drug-likeness (QED) is 0.0497. The molecule has 21 aromatic rings. The molecule has 28 heteroatoms. The highest BCUT2D eigenvalue weighted by Gasteiger charge is 2.29. The standard InChI is InChI=1S/C27H27N5O2.C27H23N5O2.C26H26N4O3.C23H21N5O2/c1-15-24(16(2)34-31-15)21-13-22-20(14-23(21)33-4)25-26(28-17(3)29-27(25)30-22)18-8-7-9-19(12-18)32-10-5-6-11-32;1-13-24(14(2)34-32-13)20-11-22-19(12-23(20)33-4)25-26(29-15(3)30-27(25)31-22)18-9-10-21(28)17-8-6-5-7-16(17)18;1-13-22(14(2)33-30-13)19-11-20-18(12-21(19)32-6)23-24(27-15(3)28-25(23)29-20)16-8-7-9-17(10-16)26(4,5)31;1-11-20(12(2)30-28-11)17-9-18-16(10-19(17)29-4)21-22(14-6-5-7-15(24)8-14)25-13(3)26-23(21)27-18/h7-9,12-14H,5-6,10-11H2,1-4H3,(H,28,29,30);5-12H,28H2,1-4H3,(H,29,30,31);7-12,31H,1-6H3,(H,27,28,29);5-10H,24H2,1-4H3,(H,25,26,27). The minimum absolute atomic E-state index is 0.663. The van der Waals surface area contributed by atoms with Crippen molar-refractivity contribution in [2.24, 2.45) is 0 Å². The Morgan fingerprint density at radius 3 is 1.03 bits per heavy atom. The number of aryl methyl sites for hydroxylation is 12. The molecule has 1 aliphatic rings. The zero-order valence-corrected chi connectivity index (χ0v) is 76.0. The SMILES string of the molecule is COc1cc2c(cc1-c1c(C)noc1C)[nH]c1nc(C)nc(-c3ccc(N)c4ccccc34)c12.COc1cc2c(cc1-c1c(C)noc1C)[nH]c1nc(C)nc(-c3cccc(C(C)(C)O)c3)c12.COc1cc2c(cc1-c1c(C)noc1C)[nH]c1nc(C)nc(-c3cccc(N)c3)c12.COc1cc2c(cc1-c1c(C)noc1C)[nH]c1nc(C)nc(-c3cccc(N4CCCC4)c3)c12. The molecular formula is C103H97N19O9. The summed E-state index contributed by atoms with van der Waals surface area (Å²) in [5, 5.41) is 36.8. The molecule has 0 saturated carbocycles. The van der Waals surface area contributed by atoms with Crippen LogP contribution in [0, 0.1) is 83.1 Å². The number of anilines is 3. The number of nitrogens with one attached hydrogen (secondary N) is 4. The van der Waals surface area contributed by atoms with E-state index in [4.69, 9.17) is 78.4 Å². The van der Waals surface area contributed by atoms with Crippen LogP contribution in [0.5, 0.6) is 23.0 Å². The number of methoxy groups -OCH3 is 4. The second-order valence-corrected chi connectivity index (χ2v) is 33.8. The van der Waals surface area contributed by atoms with Gasteiger partial charge in [-0.05, 0) is 206 Å². The number of benzene rings is 9. The molecule has 0 atom stereocenters. The average molecular weight is 1750 g/mol. The Hall–Kier alpha value is -15.8. The Morgan fingerprint density at radius 2 is 0.679 bits per heavy atom. The normalized spacial score (nSPS) is 12.3. The highest BCUT2D eigenvalue weighted by atomic mass is 16.5. The van der Waals surface area contributed by atoms with E-state index in [1.54, 1.807) is 42.3 Å². The predicted octanol–water partition coefficient (Wildman–Crippen LogP) is 22.6. The lowest BCUT2D eigenvalue weighted by atomic mass is 9.94. The topological polar surface area (TPSA) is 383 Å². The van der Waals surface area contributed by atoms with Crippen molar-refractivity contribution >= 4 is 116 Å². The van der Waals surface area contributed by atoms with Gasteiger partial charge in [0.1, 0.15) is 91.9 Å². The minimum Gasteiger partial charge on any atom is -0.496 e. The van der Waals surface area contributed by atoms with Crippen LogP contribution in [-0.4, -0.2) is 127 Å². The number of nitrogens with zero attached hydrogens (tertiary/aromatic N) is 13. The van der Waals surface area contributed by atoms with Crippen molar-refractivity contribution in [2.75, 3.05) is 57.9 Å². The number of aromatic nitrogens is 16. The molecule has 0 aliphatic carbocycles. The number of fused-ring (bicyclic) bond motifs is 13. The van der Waals surface area contributed by atoms with Crippen LogP contribution in [0.25, 0.3) is 188 Å². The van der Waals surface area contributed by atoms with Gasteiger partial charge in [-0.2, -0.15) is 0 Å². The number of nitrogen functional groups attached to an aromatic ring is 2. The van der Waals surface area contributed by atoms with E-state index in [-0.39, 0.29) is 0 Å². The van der Waals surface area contributed by atoms with Crippen molar-refractivity contribution in [1.29, 1.82) is 0 Å². The third-order valence-corrected chi connectivity index (χ3v) is 24.5. The summed E-state index contributed by atoms with van der Waals surface area (Å²) in [6.45, 7) is 28.7. The fraction of sp³-hybridized carbons (Fsp3) is 0.223. The highest BCUT2D eigenvalue weighted by molar-refractivity contribution is 6.19. The molecule has 1 saturated heterocycles. The summed E-state index contributed by atoms with van der Waals surface area (Å²) in [6, 6.07) is 52.8. The molecule has 131 heavy (non-hydrogen) atoms. The molecule has 12 aromatic heterocycles. The predicted molar refractivity (Wildman–Crippen MR) is 515 cm³/mol. The van der Waals surface area contributed by atoms with Crippen LogP contribution in [0.1, 0.15) is 101 Å². The minimum atomic E-state index is -0.954. The maximum atomic E-state index is 10.5. The number of H-pyrrole nitrogens is 4. The Labute approximate surface area is 752 Å². The summed E-state index contributed by atoms with van der Waals surface area (Å²) >= 11 is 0. The lowest BCUT2D eigenvalue weighted by Crippen LogP contribution is -2.17. The number of aliphatic hydroxyl groups is 1. The zero-order chi connectivity index (χ0) is 91.4. The molecule has 658 valence electrons. The average Bonchev–Trinajstić information content (AvgIpc) is 1.63. The van der Waals surface area contributed by atoms with Crippen LogP contribution in [0.3, 0.4) is 0 Å². The van der Waals surface area contributed by atoms with Crippen LogP contribution in [0.15, 0.2) is 176 Å². The van der Waals surface area contributed by atoms with Crippen LogP contribution >= 0.6 is 0 Å². The molecule has 0 bridgehead atoms. The van der Waals surface area contributed by atoms with Gasteiger partial charge in [-0.15, -0.1) is 0 Å². The summed E-state index contributed by atoms with van der Waals surface area (Å²) < 4.78 is 44.8. The van der Waals surface area contributed by atoms with Gasteiger partial charge in [0.25, 0.3) is 0 Å². The fourth-order valence-corrected chi connectivity index (χ4v) is 18.6. The first-order valence-electron chi connectivity index (χ1n) is 43.2. The first-order valence-corrected chi connectivity index (χ1v) is 43.2. The Bertz CT molecular complexity index is 8050. The van der Waals surface area contributed by atoms with Gasteiger partial charge in [-0.3, -0.25) is 0 Å². The number of hydrogen-bond donors (Lipinski definition) is 7. The molecule has 9 N–H and O–H groups in total. The van der Waals surface area contributed by atoms with Crippen molar-refractivity contribution in [2.45, 2.75) is 115 Å². The first-order chi connectivity index (χ1) is 63.1. The van der Waals surface area contributed by atoms with E-state index in [0.717, 1.165) is 287 Å². The highest BCUT2D eigenvalue weighted by Crippen LogP contribution is 2.49. The van der Waals surface area contributed by atoms with Gasteiger partial charge in [0.05, 0.1) is 123 Å². The monoisotopic (exact) mass is 1740 g/mol. The number of aromatic amines is 4. The van der Waals surface area contributed by atoms with E-state index in [2.05, 4.69) is 116 Å². The van der Waals surface area contributed by atoms with Crippen LogP contribution in [-0.2, 0) is 5.60 Å². The Morgan fingerprint density at radius 1 is 0.344 bits per heavy atom. The maximum absolute atomic E-state index is 10.5. The second kappa shape index (κ2) is 33.4. The third kappa shape index (κ3) is 15.2. The van der Waals surface area contributed by atoms with E-state index in [1.165, 1.54) is 18.5 Å². The summed E-state index contributed by atoms with van der Waals surface area (Å²) in [7, 11) is 6.69. The molecule has 1 fully saturated rings. The van der Waals surface area contributed by atoms with Crippen molar-refractivity contribution in [3.63, 3.8) is 0 Å². The first kappa shape index (κ1) is 84.6. The number of hydrogen-bond acceptors (Lipinski definition) is 24. The van der Waals surface area contributed by atoms with E-state index in [0.29, 0.717) is 23.2 Å². The summed E-state index contributed by atoms with van der Waals surface area (Å²) in [5.41, 5.74) is 39.8. The molecule has 1 aliphatic heterocycles. The zero-order valence-electron chi connectivity index (χ0n) is 76.0. The van der Waals surface area contributed by atoms with Gasteiger partial charge in [-0.25, -0.2) is 39.9 Å². The van der Waals surface area contributed by atoms with E-state index >= 15 is 0 Å². The molecule has 28 nitrogen and oxygen atoms in total. The van der Waals surface area contributed by atoms with Crippen molar-refractivity contribution < 1.29 is 42.1 Å². The lowest BCUT2D eigenvalue weighted by molar-refractivity contribution is 0.0786. The second-order valence-electron chi connectivity index (χ2n) is 33.8. The maximum Gasteiger partial charge on any atom is 0.142 e. The van der Waals surface area contributed by atoms with Crippen molar-refractivity contribution in [1.82, 2.24) is 80.4 Å². The van der Waals surface area contributed by atoms with Gasteiger partial charge in [0.2, 0.25) is 0 Å². The molecule has 0 radical (unpaired) electrons. The molecule has 9 aromatic carbocycles. The van der Waals surface area contributed by atoms with Gasteiger partial charge in [-0.1, -0.05) is 93.4 Å². The van der Waals surface area contributed by atoms with Crippen LogP contribution in [0.4, 0.5) is 17.1 Å².